The van der Waals surface area contributed by atoms with E-state index in [1.165, 1.54) is 17.9 Å². The molecule has 0 bridgehead atoms. The highest BCUT2D eigenvalue weighted by Crippen LogP contribution is 2.20. The van der Waals surface area contributed by atoms with Crippen molar-refractivity contribution in [1.29, 1.82) is 0 Å². The summed E-state index contributed by atoms with van der Waals surface area (Å²) in [5.41, 5.74) is 1.02. The topological polar surface area (TPSA) is 49.4 Å². The summed E-state index contributed by atoms with van der Waals surface area (Å²) >= 11 is 3.33. The van der Waals surface area contributed by atoms with Gasteiger partial charge in [-0.2, -0.15) is 0 Å². The molecule has 0 spiro atoms. The molecule has 2 aromatic carbocycles. The van der Waals surface area contributed by atoms with Crippen molar-refractivity contribution in [2.45, 2.75) is 13.5 Å². The van der Waals surface area contributed by atoms with Gasteiger partial charge in [-0.3, -0.25) is 9.59 Å². The van der Waals surface area contributed by atoms with Crippen LogP contribution in [-0.2, 0) is 16.1 Å². The number of halogens is 2. The molecule has 0 unspecified atom stereocenters. The Hall–Kier alpha value is -2.21. The molecule has 0 saturated carbocycles. The van der Waals surface area contributed by atoms with E-state index in [9.17, 15) is 14.0 Å². The highest BCUT2D eigenvalue weighted by molar-refractivity contribution is 9.10. The number of anilines is 1. The zero-order valence-corrected chi connectivity index (χ0v) is 14.1. The average Bonchev–Trinajstić information content (AvgIpc) is 2.51. The van der Waals surface area contributed by atoms with E-state index < -0.39 is 0 Å². The Labute approximate surface area is 142 Å². The van der Waals surface area contributed by atoms with Crippen molar-refractivity contribution in [3.8, 4) is 0 Å². The number of amides is 2. The summed E-state index contributed by atoms with van der Waals surface area (Å²) in [6, 6.07) is 13.4. The molecular weight excluding hydrogens is 363 g/mol. The largest absolute Gasteiger partial charge is 0.350 e. The summed E-state index contributed by atoms with van der Waals surface area (Å²) < 4.78 is 14.3. The van der Waals surface area contributed by atoms with Gasteiger partial charge in [0, 0.05) is 29.2 Å². The number of carbonyl (C=O) groups excluding carboxylic acids is 2. The van der Waals surface area contributed by atoms with Crippen LogP contribution in [-0.4, -0.2) is 18.4 Å². The van der Waals surface area contributed by atoms with E-state index in [4.69, 9.17) is 0 Å². The number of carbonyl (C=O) groups is 2. The summed E-state index contributed by atoms with van der Waals surface area (Å²) in [6.45, 7) is 1.35. The highest BCUT2D eigenvalue weighted by atomic mass is 79.9. The van der Waals surface area contributed by atoms with Crippen LogP contribution >= 0.6 is 15.9 Å². The molecule has 4 nitrogen and oxygen atoms in total. The van der Waals surface area contributed by atoms with Crippen molar-refractivity contribution in [3.05, 3.63) is 64.4 Å². The minimum atomic E-state index is -0.372. The maximum absolute atomic E-state index is 13.5. The summed E-state index contributed by atoms with van der Waals surface area (Å²) in [6.07, 6.45) is 0. The summed E-state index contributed by atoms with van der Waals surface area (Å²) in [5, 5.41) is 2.62. The molecule has 0 saturated heterocycles. The van der Waals surface area contributed by atoms with Crippen molar-refractivity contribution >= 4 is 33.4 Å². The quantitative estimate of drug-likeness (QED) is 0.867. The molecule has 2 rings (SSSR count). The first-order valence-electron chi connectivity index (χ1n) is 7.01. The van der Waals surface area contributed by atoms with Crippen molar-refractivity contribution in [2.75, 3.05) is 11.4 Å². The normalized spacial score (nSPS) is 10.2. The maximum atomic E-state index is 13.5. The summed E-state index contributed by atoms with van der Waals surface area (Å²) in [5.74, 6) is -0.976. The van der Waals surface area contributed by atoms with Crippen molar-refractivity contribution in [1.82, 2.24) is 5.32 Å². The number of benzene rings is 2. The van der Waals surface area contributed by atoms with Gasteiger partial charge in [0.05, 0.1) is 0 Å². The number of hydrogen-bond donors (Lipinski definition) is 1. The first kappa shape index (κ1) is 17.1. The third-order valence-electron chi connectivity index (χ3n) is 3.24. The Balaban J connectivity index is 2.01. The lowest BCUT2D eigenvalue weighted by atomic mass is 10.2. The Morgan fingerprint density at radius 2 is 1.91 bits per heavy atom. The molecule has 1 N–H and O–H groups in total. The molecule has 0 aliphatic rings. The zero-order chi connectivity index (χ0) is 16.8. The van der Waals surface area contributed by atoms with Crippen LogP contribution < -0.4 is 10.2 Å². The van der Waals surface area contributed by atoms with Gasteiger partial charge in [0.1, 0.15) is 12.4 Å². The van der Waals surface area contributed by atoms with E-state index >= 15 is 0 Å². The number of nitrogens with one attached hydrogen (secondary N) is 1. The second-order valence-corrected chi connectivity index (χ2v) is 5.87. The van der Waals surface area contributed by atoms with Gasteiger partial charge in [0.25, 0.3) is 0 Å². The fraction of sp³-hybridized carbons (Fsp3) is 0.176. The lowest BCUT2D eigenvalue weighted by Gasteiger charge is -2.21. The first-order chi connectivity index (χ1) is 11.0. The number of rotatable bonds is 5. The van der Waals surface area contributed by atoms with Crippen LogP contribution in [0, 0.1) is 5.82 Å². The summed E-state index contributed by atoms with van der Waals surface area (Å²) in [7, 11) is 0. The van der Waals surface area contributed by atoms with E-state index in [-0.39, 0.29) is 30.7 Å². The molecule has 0 fully saturated rings. The van der Waals surface area contributed by atoms with Gasteiger partial charge in [-0.1, -0.05) is 40.2 Å². The molecule has 2 amide bonds. The lowest BCUT2D eigenvalue weighted by molar-refractivity contribution is -0.123. The van der Waals surface area contributed by atoms with Gasteiger partial charge in [-0.25, -0.2) is 4.39 Å². The Morgan fingerprint density at radius 3 is 2.57 bits per heavy atom. The van der Waals surface area contributed by atoms with Crippen LogP contribution in [0.3, 0.4) is 0 Å². The lowest BCUT2D eigenvalue weighted by Crippen LogP contribution is -2.39. The second kappa shape index (κ2) is 7.87. The van der Waals surface area contributed by atoms with Crippen molar-refractivity contribution in [2.24, 2.45) is 0 Å². The van der Waals surface area contributed by atoms with Crippen molar-refractivity contribution in [3.63, 3.8) is 0 Å². The van der Waals surface area contributed by atoms with E-state index in [1.807, 2.05) is 6.07 Å². The average molecular weight is 379 g/mol. The minimum absolute atomic E-state index is 0.0791. The molecule has 0 radical (unpaired) electrons. The second-order valence-electron chi connectivity index (χ2n) is 4.95. The fourth-order valence-electron chi connectivity index (χ4n) is 2.06. The maximum Gasteiger partial charge on any atom is 0.240 e. The van der Waals surface area contributed by atoms with E-state index in [2.05, 4.69) is 21.2 Å². The van der Waals surface area contributed by atoms with Crippen LogP contribution in [0.5, 0.6) is 0 Å². The first-order valence-corrected chi connectivity index (χ1v) is 7.80. The van der Waals surface area contributed by atoms with E-state index in [0.717, 1.165) is 4.47 Å². The SMILES string of the molecule is CC(=O)N(CC(=O)NCc1ccccc1F)c1cccc(Br)c1. The van der Waals surface area contributed by atoms with Crippen LogP contribution in [0.4, 0.5) is 10.1 Å². The summed E-state index contributed by atoms with van der Waals surface area (Å²) in [4.78, 5) is 25.2. The molecule has 120 valence electrons. The Bertz CT molecular complexity index is 721. The van der Waals surface area contributed by atoms with Crippen LogP contribution in [0.2, 0.25) is 0 Å². The minimum Gasteiger partial charge on any atom is -0.350 e. The molecule has 23 heavy (non-hydrogen) atoms. The Kier molecular flexibility index (Phi) is 5.87. The van der Waals surface area contributed by atoms with E-state index in [1.54, 1.807) is 36.4 Å². The van der Waals surface area contributed by atoms with Crippen molar-refractivity contribution < 1.29 is 14.0 Å². The molecule has 0 atom stereocenters. The highest BCUT2D eigenvalue weighted by Gasteiger charge is 2.16. The fourth-order valence-corrected chi connectivity index (χ4v) is 2.45. The zero-order valence-electron chi connectivity index (χ0n) is 12.6. The smallest absolute Gasteiger partial charge is 0.240 e. The third-order valence-corrected chi connectivity index (χ3v) is 3.73. The predicted octanol–water partition coefficient (Wildman–Crippen LogP) is 3.26. The monoisotopic (exact) mass is 378 g/mol. The predicted molar refractivity (Wildman–Crippen MR) is 90.4 cm³/mol. The van der Waals surface area contributed by atoms with Gasteiger partial charge in [0.2, 0.25) is 11.8 Å². The van der Waals surface area contributed by atoms with E-state index in [0.29, 0.717) is 11.3 Å². The van der Waals surface area contributed by atoms with Gasteiger partial charge < -0.3 is 10.2 Å². The molecular formula is C17H16BrFN2O2. The molecule has 0 aliphatic carbocycles. The number of hydrogen-bond acceptors (Lipinski definition) is 2. The van der Waals surface area contributed by atoms with Gasteiger partial charge in [-0.15, -0.1) is 0 Å². The molecule has 0 heterocycles. The molecule has 0 aliphatic heterocycles. The third kappa shape index (κ3) is 4.89. The standard InChI is InChI=1S/C17H16BrFN2O2/c1-12(22)21(15-7-4-6-14(18)9-15)11-17(23)20-10-13-5-2-3-8-16(13)19/h2-9H,10-11H2,1H3,(H,20,23). The van der Waals surface area contributed by atoms with Gasteiger partial charge >= 0.3 is 0 Å². The van der Waals surface area contributed by atoms with Crippen LogP contribution in [0.15, 0.2) is 53.0 Å². The Morgan fingerprint density at radius 1 is 1.17 bits per heavy atom. The van der Waals surface area contributed by atoms with Crippen LogP contribution in [0.25, 0.3) is 0 Å². The van der Waals surface area contributed by atoms with Crippen LogP contribution in [0.1, 0.15) is 12.5 Å². The number of nitrogens with zero attached hydrogens (tertiary/aromatic N) is 1. The molecule has 6 heteroatoms. The molecule has 2 aromatic rings. The molecule has 0 aromatic heterocycles. The van der Waals surface area contributed by atoms with Gasteiger partial charge in [-0.05, 0) is 24.3 Å². The van der Waals surface area contributed by atoms with Gasteiger partial charge in [0.15, 0.2) is 0 Å².